The van der Waals surface area contributed by atoms with E-state index in [1.54, 1.807) is 31.4 Å². The van der Waals surface area contributed by atoms with Gasteiger partial charge in [0.15, 0.2) is 0 Å². The lowest BCUT2D eigenvalue weighted by Gasteiger charge is -2.13. The van der Waals surface area contributed by atoms with E-state index in [9.17, 15) is 4.39 Å². The van der Waals surface area contributed by atoms with Crippen LogP contribution in [0.1, 0.15) is 17.3 Å². The predicted molar refractivity (Wildman–Crippen MR) is 53.7 cm³/mol. The summed E-state index contributed by atoms with van der Waals surface area (Å²) >= 11 is 0. The predicted octanol–water partition coefficient (Wildman–Crippen LogP) is 1.25. The normalized spacial score (nSPS) is 12.7. The van der Waals surface area contributed by atoms with Crippen LogP contribution in [0.25, 0.3) is 0 Å². The third-order valence-corrected chi connectivity index (χ3v) is 2.23. The SMILES string of the molecule is CNC(c1cn[nH]n1)c1ccccc1F. The molecule has 0 aliphatic rings. The minimum atomic E-state index is -0.273. The van der Waals surface area contributed by atoms with Crippen LogP contribution in [0.5, 0.6) is 0 Å². The Bertz CT molecular complexity index is 427. The molecule has 1 aromatic carbocycles. The summed E-state index contributed by atoms with van der Waals surface area (Å²) in [5.41, 5.74) is 1.23. The van der Waals surface area contributed by atoms with Crippen molar-refractivity contribution in [1.82, 2.24) is 20.7 Å². The molecule has 0 radical (unpaired) electrons. The molecule has 2 N–H and O–H groups in total. The minimum absolute atomic E-state index is 0.250. The van der Waals surface area contributed by atoms with E-state index in [4.69, 9.17) is 0 Å². The minimum Gasteiger partial charge on any atom is -0.308 e. The fraction of sp³-hybridized carbons (Fsp3) is 0.200. The van der Waals surface area contributed by atoms with Crippen molar-refractivity contribution in [2.24, 2.45) is 0 Å². The molecule has 0 fully saturated rings. The van der Waals surface area contributed by atoms with Gasteiger partial charge in [0.25, 0.3) is 0 Å². The Morgan fingerprint density at radius 1 is 1.40 bits per heavy atom. The fourth-order valence-corrected chi connectivity index (χ4v) is 1.52. The molecule has 5 heteroatoms. The highest BCUT2D eigenvalue weighted by atomic mass is 19.1. The Balaban J connectivity index is 2.40. The number of nitrogens with one attached hydrogen (secondary N) is 2. The highest BCUT2D eigenvalue weighted by Crippen LogP contribution is 2.21. The van der Waals surface area contributed by atoms with Crippen LogP contribution < -0.4 is 5.32 Å². The van der Waals surface area contributed by atoms with E-state index in [0.29, 0.717) is 11.3 Å². The van der Waals surface area contributed by atoms with E-state index in [0.717, 1.165) is 0 Å². The van der Waals surface area contributed by atoms with Gasteiger partial charge in [0.05, 0.1) is 12.2 Å². The van der Waals surface area contributed by atoms with Crippen LogP contribution in [0, 0.1) is 5.82 Å². The average molecular weight is 206 g/mol. The van der Waals surface area contributed by atoms with Gasteiger partial charge in [0.2, 0.25) is 0 Å². The van der Waals surface area contributed by atoms with Gasteiger partial charge in [0, 0.05) is 5.56 Å². The summed E-state index contributed by atoms with van der Waals surface area (Å²) in [7, 11) is 1.76. The van der Waals surface area contributed by atoms with Gasteiger partial charge >= 0.3 is 0 Å². The number of hydrogen-bond acceptors (Lipinski definition) is 3. The van der Waals surface area contributed by atoms with E-state index in [2.05, 4.69) is 20.7 Å². The topological polar surface area (TPSA) is 53.6 Å². The molecule has 0 amide bonds. The summed E-state index contributed by atoms with van der Waals surface area (Å²) < 4.78 is 13.5. The van der Waals surface area contributed by atoms with Crippen LogP contribution in [0.4, 0.5) is 4.39 Å². The molecule has 1 unspecified atom stereocenters. The van der Waals surface area contributed by atoms with E-state index in [1.807, 2.05) is 0 Å². The summed E-state index contributed by atoms with van der Waals surface area (Å²) in [6.07, 6.45) is 1.58. The molecule has 0 aliphatic heterocycles. The molecule has 4 nitrogen and oxygen atoms in total. The number of aromatic amines is 1. The molecule has 15 heavy (non-hydrogen) atoms. The summed E-state index contributed by atoms with van der Waals surface area (Å²) in [5.74, 6) is -0.250. The van der Waals surface area contributed by atoms with Crippen molar-refractivity contribution in [1.29, 1.82) is 0 Å². The first kappa shape index (κ1) is 9.79. The van der Waals surface area contributed by atoms with Crippen molar-refractivity contribution >= 4 is 0 Å². The first-order chi connectivity index (χ1) is 7.33. The molecule has 78 valence electrons. The Morgan fingerprint density at radius 2 is 2.20 bits per heavy atom. The van der Waals surface area contributed by atoms with Gasteiger partial charge in [-0.2, -0.15) is 15.4 Å². The van der Waals surface area contributed by atoms with Crippen LogP contribution in [0.15, 0.2) is 30.5 Å². The first-order valence-corrected chi connectivity index (χ1v) is 4.60. The summed E-state index contributed by atoms with van der Waals surface area (Å²) in [5, 5.41) is 13.2. The lowest BCUT2D eigenvalue weighted by atomic mass is 10.0. The monoisotopic (exact) mass is 206 g/mol. The maximum Gasteiger partial charge on any atom is 0.128 e. The maximum atomic E-state index is 13.5. The Labute approximate surface area is 86.5 Å². The zero-order chi connectivity index (χ0) is 10.7. The Morgan fingerprint density at radius 3 is 2.80 bits per heavy atom. The molecule has 0 saturated carbocycles. The number of H-pyrrole nitrogens is 1. The lowest BCUT2D eigenvalue weighted by molar-refractivity contribution is 0.570. The van der Waals surface area contributed by atoms with Crippen molar-refractivity contribution < 1.29 is 4.39 Å². The number of hydrogen-bond donors (Lipinski definition) is 2. The van der Waals surface area contributed by atoms with E-state index < -0.39 is 0 Å². The van der Waals surface area contributed by atoms with E-state index in [1.165, 1.54) is 6.07 Å². The van der Waals surface area contributed by atoms with Crippen molar-refractivity contribution in [3.8, 4) is 0 Å². The van der Waals surface area contributed by atoms with Crippen LogP contribution in [-0.2, 0) is 0 Å². The standard InChI is InChI=1S/C10H11FN4/c1-12-10(9-6-13-15-14-9)7-4-2-3-5-8(7)11/h2-6,10,12H,1H3,(H,13,14,15). The fourth-order valence-electron chi connectivity index (χ4n) is 1.52. The second-order valence-electron chi connectivity index (χ2n) is 3.14. The zero-order valence-electron chi connectivity index (χ0n) is 8.24. The van der Waals surface area contributed by atoms with Crippen molar-refractivity contribution in [3.63, 3.8) is 0 Å². The quantitative estimate of drug-likeness (QED) is 0.794. The Hall–Kier alpha value is -1.75. The number of benzene rings is 1. The summed E-state index contributed by atoms with van der Waals surface area (Å²) in [4.78, 5) is 0. The van der Waals surface area contributed by atoms with Gasteiger partial charge in [-0.1, -0.05) is 18.2 Å². The number of nitrogens with zero attached hydrogens (tertiary/aromatic N) is 2. The molecule has 1 aromatic heterocycles. The first-order valence-electron chi connectivity index (χ1n) is 4.60. The number of halogens is 1. The van der Waals surface area contributed by atoms with E-state index in [-0.39, 0.29) is 11.9 Å². The van der Waals surface area contributed by atoms with Gasteiger partial charge < -0.3 is 5.32 Å². The van der Waals surface area contributed by atoms with Crippen LogP contribution in [0.2, 0.25) is 0 Å². The molecule has 2 aromatic rings. The molecule has 0 bridgehead atoms. The molecule has 0 saturated heterocycles. The van der Waals surface area contributed by atoms with Gasteiger partial charge in [-0.25, -0.2) is 4.39 Å². The van der Waals surface area contributed by atoms with E-state index >= 15 is 0 Å². The van der Waals surface area contributed by atoms with Crippen LogP contribution >= 0.6 is 0 Å². The largest absolute Gasteiger partial charge is 0.308 e. The molecule has 0 spiro atoms. The third-order valence-electron chi connectivity index (χ3n) is 2.23. The molecule has 0 aliphatic carbocycles. The highest BCUT2D eigenvalue weighted by Gasteiger charge is 2.17. The summed E-state index contributed by atoms with van der Waals surface area (Å²) in [6, 6.07) is 6.34. The second kappa shape index (κ2) is 4.18. The second-order valence-corrected chi connectivity index (χ2v) is 3.14. The zero-order valence-corrected chi connectivity index (χ0v) is 8.24. The van der Waals surface area contributed by atoms with Crippen molar-refractivity contribution in [3.05, 3.63) is 47.5 Å². The molecular formula is C10H11FN4. The number of rotatable bonds is 3. The summed E-state index contributed by atoms with van der Waals surface area (Å²) in [6.45, 7) is 0. The lowest BCUT2D eigenvalue weighted by Crippen LogP contribution is -2.19. The van der Waals surface area contributed by atoms with Gasteiger partial charge in [0.1, 0.15) is 11.5 Å². The van der Waals surface area contributed by atoms with Gasteiger partial charge in [-0.15, -0.1) is 0 Å². The van der Waals surface area contributed by atoms with Gasteiger partial charge in [-0.3, -0.25) is 0 Å². The molecular weight excluding hydrogens is 195 g/mol. The maximum absolute atomic E-state index is 13.5. The van der Waals surface area contributed by atoms with Crippen LogP contribution in [0.3, 0.4) is 0 Å². The van der Waals surface area contributed by atoms with Crippen LogP contribution in [-0.4, -0.2) is 22.5 Å². The highest BCUT2D eigenvalue weighted by molar-refractivity contribution is 5.27. The molecule has 2 rings (SSSR count). The van der Waals surface area contributed by atoms with Crippen molar-refractivity contribution in [2.45, 2.75) is 6.04 Å². The average Bonchev–Trinajstić information content (AvgIpc) is 2.75. The molecule has 1 atom stereocenters. The Kier molecular flexibility index (Phi) is 2.73. The molecule has 1 heterocycles. The van der Waals surface area contributed by atoms with Crippen molar-refractivity contribution in [2.75, 3.05) is 7.05 Å². The smallest absolute Gasteiger partial charge is 0.128 e. The van der Waals surface area contributed by atoms with Gasteiger partial charge in [-0.05, 0) is 13.1 Å². The number of aromatic nitrogens is 3. The third kappa shape index (κ3) is 1.87.